The molecule has 0 radical (unpaired) electrons. The number of carbonyl (C=O) groups is 2. The highest BCUT2D eigenvalue weighted by Gasteiger charge is 2.25. The highest BCUT2D eigenvalue weighted by atomic mass is 16.5. The Bertz CT molecular complexity index is 567. The van der Waals surface area contributed by atoms with Crippen LogP contribution in [0.5, 0.6) is 0 Å². The van der Waals surface area contributed by atoms with E-state index in [-0.39, 0.29) is 24.1 Å². The number of nitrogens with one attached hydrogen (secondary N) is 3. The number of piperidine rings is 1. The van der Waals surface area contributed by atoms with Gasteiger partial charge in [-0.15, -0.1) is 0 Å². The quantitative estimate of drug-likeness (QED) is 0.764. The van der Waals surface area contributed by atoms with E-state index in [2.05, 4.69) is 16.0 Å². The van der Waals surface area contributed by atoms with E-state index in [1.165, 1.54) is 0 Å². The van der Waals surface area contributed by atoms with Crippen molar-refractivity contribution >= 4 is 17.6 Å². The van der Waals surface area contributed by atoms with E-state index < -0.39 is 0 Å². The van der Waals surface area contributed by atoms with Crippen LogP contribution in [0.1, 0.15) is 19.3 Å². The van der Waals surface area contributed by atoms with E-state index in [9.17, 15) is 9.59 Å². The average Bonchev–Trinajstić information content (AvgIpc) is 2.64. The lowest BCUT2D eigenvalue weighted by molar-refractivity contribution is -0.125. The Morgan fingerprint density at radius 2 is 1.96 bits per heavy atom. The molecule has 7 heteroatoms. The third-order valence-electron chi connectivity index (χ3n) is 4.59. The third-order valence-corrected chi connectivity index (χ3v) is 4.59. The summed E-state index contributed by atoms with van der Waals surface area (Å²) in [6, 6.07) is 9.48. The molecule has 2 saturated heterocycles. The third kappa shape index (κ3) is 5.44. The predicted octanol–water partition coefficient (Wildman–Crippen LogP) is 1.18. The monoisotopic (exact) mass is 346 g/mol. The number of hydrogen-bond donors (Lipinski definition) is 3. The number of nitrogens with zero attached hydrogens (tertiary/aromatic N) is 1. The number of carbonyl (C=O) groups excluding carboxylic acids is 2. The van der Waals surface area contributed by atoms with Gasteiger partial charge in [0.2, 0.25) is 5.91 Å². The Kier molecular flexibility index (Phi) is 6.25. The van der Waals surface area contributed by atoms with Gasteiger partial charge in [0.15, 0.2) is 0 Å². The van der Waals surface area contributed by atoms with Gasteiger partial charge in [-0.05, 0) is 25.0 Å². The van der Waals surface area contributed by atoms with Crippen LogP contribution in [0, 0.1) is 0 Å². The predicted molar refractivity (Wildman–Crippen MR) is 95.4 cm³/mol. The van der Waals surface area contributed by atoms with Gasteiger partial charge in [-0.2, -0.15) is 0 Å². The Balaban J connectivity index is 1.37. The van der Waals surface area contributed by atoms with Crippen LogP contribution in [0.4, 0.5) is 10.5 Å². The van der Waals surface area contributed by atoms with Crippen molar-refractivity contribution in [3.05, 3.63) is 30.3 Å². The van der Waals surface area contributed by atoms with E-state index in [4.69, 9.17) is 4.74 Å². The van der Waals surface area contributed by atoms with Gasteiger partial charge in [0.25, 0.3) is 0 Å². The largest absolute Gasteiger partial charge is 0.375 e. The number of para-hydroxylation sites is 1. The maximum atomic E-state index is 12.3. The minimum atomic E-state index is -0.0855. The number of ether oxygens (including phenoxy) is 1. The zero-order valence-corrected chi connectivity index (χ0v) is 14.4. The Labute approximate surface area is 148 Å². The standard InChI is InChI=1S/C18H26N4O3/c23-17(12-16-13-19-8-11-25-16)20-15-6-9-22(10-7-15)18(24)21-14-4-2-1-3-5-14/h1-5,15-16,19H,6-13H2,(H,20,23)(H,21,24)/t16-/m1/s1. The van der Waals surface area contributed by atoms with Crippen LogP contribution in [0.25, 0.3) is 0 Å². The first-order valence-electron chi connectivity index (χ1n) is 8.93. The Hall–Kier alpha value is -2.12. The van der Waals surface area contributed by atoms with E-state index in [1.54, 1.807) is 4.90 Å². The van der Waals surface area contributed by atoms with E-state index in [1.807, 2.05) is 30.3 Å². The summed E-state index contributed by atoms with van der Waals surface area (Å²) in [6.07, 6.45) is 1.91. The number of benzene rings is 1. The van der Waals surface area contributed by atoms with Gasteiger partial charge in [0.1, 0.15) is 0 Å². The smallest absolute Gasteiger partial charge is 0.321 e. The second-order valence-corrected chi connectivity index (χ2v) is 6.53. The molecule has 3 N–H and O–H groups in total. The van der Waals surface area contributed by atoms with Crippen molar-refractivity contribution < 1.29 is 14.3 Å². The summed E-state index contributed by atoms with van der Waals surface area (Å²) in [7, 11) is 0. The first kappa shape index (κ1) is 17.7. The highest BCUT2D eigenvalue weighted by molar-refractivity contribution is 5.89. The maximum Gasteiger partial charge on any atom is 0.321 e. The number of amides is 3. The molecular weight excluding hydrogens is 320 g/mol. The SMILES string of the molecule is O=C(C[C@@H]1CNCCO1)NC1CCN(C(=O)Nc2ccccc2)CC1. The minimum Gasteiger partial charge on any atom is -0.375 e. The van der Waals surface area contributed by atoms with Crippen molar-refractivity contribution in [2.45, 2.75) is 31.4 Å². The van der Waals surface area contributed by atoms with Crippen LogP contribution in [0.3, 0.4) is 0 Å². The van der Waals surface area contributed by atoms with Crippen molar-refractivity contribution in [3.63, 3.8) is 0 Å². The van der Waals surface area contributed by atoms with Crippen molar-refractivity contribution in [3.8, 4) is 0 Å². The van der Waals surface area contributed by atoms with Crippen LogP contribution >= 0.6 is 0 Å². The lowest BCUT2D eigenvalue weighted by atomic mass is 10.0. The normalized spacial score (nSPS) is 21.6. The van der Waals surface area contributed by atoms with Gasteiger partial charge in [-0.1, -0.05) is 18.2 Å². The summed E-state index contributed by atoms with van der Waals surface area (Å²) in [4.78, 5) is 26.2. The fraction of sp³-hybridized carbons (Fsp3) is 0.556. The van der Waals surface area contributed by atoms with Crippen LogP contribution in [0.15, 0.2) is 30.3 Å². The van der Waals surface area contributed by atoms with Crippen LogP contribution in [-0.4, -0.2) is 61.8 Å². The first-order chi connectivity index (χ1) is 12.2. The fourth-order valence-corrected chi connectivity index (χ4v) is 3.20. The molecule has 3 rings (SSSR count). The second-order valence-electron chi connectivity index (χ2n) is 6.53. The van der Waals surface area contributed by atoms with E-state index >= 15 is 0 Å². The highest BCUT2D eigenvalue weighted by Crippen LogP contribution is 2.14. The van der Waals surface area contributed by atoms with Crippen LogP contribution in [-0.2, 0) is 9.53 Å². The Morgan fingerprint density at radius 3 is 2.64 bits per heavy atom. The fourth-order valence-electron chi connectivity index (χ4n) is 3.20. The van der Waals surface area contributed by atoms with E-state index in [0.717, 1.165) is 31.6 Å². The molecule has 1 aromatic rings. The van der Waals surface area contributed by atoms with Gasteiger partial charge < -0.3 is 25.6 Å². The molecule has 2 heterocycles. The van der Waals surface area contributed by atoms with Crippen LogP contribution < -0.4 is 16.0 Å². The summed E-state index contributed by atoms with van der Waals surface area (Å²) in [5.74, 6) is 0.0286. The number of urea groups is 1. The first-order valence-corrected chi connectivity index (χ1v) is 8.93. The zero-order chi connectivity index (χ0) is 17.5. The topological polar surface area (TPSA) is 82.7 Å². The molecule has 136 valence electrons. The molecule has 25 heavy (non-hydrogen) atoms. The molecule has 1 aromatic carbocycles. The zero-order valence-electron chi connectivity index (χ0n) is 14.4. The van der Waals surface area contributed by atoms with Crippen molar-refractivity contribution in [1.82, 2.24) is 15.5 Å². The molecule has 1 atom stereocenters. The number of hydrogen-bond acceptors (Lipinski definition) is 4. The molecule has 2 aliphatic heterocycles. The Morgan fingerprint density at radius 1 is 1.20 bits per heavy atom. The average molecular weight is 346 g/mol. The van der Waals surface area contributed by atoms with Crippen molar-refractivity contribution in [2.75, 3.05) is 38.1 Å². The maximum absolute atomic E-state index is 12.3. The molecule has 2 fully saturated rings. The summed E-state index contributed by atoms with van der Waals surface area (Å²) in [5.41, 5.74) is 0.795. The van der Waals surface area contributed by atoms with Gasteiger partial charge in [0, 0.05) is 37.9 Å². The number of likely N-dealkylation sites (tertiary alicyclic amines) is 1. The molecule has 7 nitrogen and oxygen atoms in total. The summed E-state index contributed by atoms with van der Waals surface area (Å²) in [6.45, 7) is 3.52. The summed E-state index contributed by atoms with van der Waals surface area (Å²) in [5, 5.41) is 9.19. The molecule has 0 spiro atoms. The molecule has 0 unspecified atom stereocenters. The van der Waals surface area contributed by atoms with Crippen LogP contribution in [0.2, 0.25) is 0 Å². The molecule has 0 aromatic heterocycles. The molecular formula is C18H26N4O3. The summed E-state index contributed by atoms with van der Waals surface area (Å²) < 4.78 is 5.56. The lowest BCUT2D eigenvalue weighted by Gasteiger charge is -2.33. The van der Waals surface area contributed by atoms with Crippen molar-refractivity contribution in [2.24, 2.45) is 0 Å². The van der Waals surface area contributed by atoms with Gasteiger partial charge >= 0.3 is 6.03 Å². The second kappa shape index (κ2) is 8.82. The van der Waals surface area contributed by atoms with E-state index in [0.29, 0.717) is 26.1 Å². The number of morpholine rings is 1. The minimum absolute atomic E-state index is 0.0286. The molecule has 2 aliphatic rings. The number of anilines is 1. The number of rotatable bonds is 4. The van der Waals surface area contributed by atoms with Gasteiger partial charge in [0.05, 0.1) is 19.1 Å². The molecule has 0 saturated carbocycles. The lowest BCUT2D eigenvalue weighted by Crippen LogP contribution is -2.49. The van der Waals surface area contributed by atoms with Gasteiger partial charge in [-0.25, -0.2) is 4.79 Å². The molecule has 0 bridgehead atoms. The van der Waals surface area contributed by atoms with Gasteiger partial charge in [-0.3, -0.25) is 4.79 Å². The molecule has 0 aliphatic carbocycles. The molecule has 3 amide bonds. The summed E-state index contributed by atoms with van der Waals surface area (Å²) >= 11 is 0. The van der Waals surface area contributed by atoms with Crippen molar-refractivity contribution in [1.29, 1.82) is 0 Å².